The highest BCUT2D eigenvalue weighted by atomic mass is 32.1. The number of piperazine rings is 1. The lowest BCUT2D eigenvalue weighted by atomic mass is 10.2. The van der Waals surface area contributed by atoms with Gasteiger partial charge in [0.25, 0.3) is 0 Å². The Morgan fingerprint density at radius 1 is 0.962 bits per heavy atom. The molecule has 4 rings (SSSR count). The number of aromatic amines is 1. The van der Waals surface area contributed by atoms with Crippen LogP contribution in [0.15, 0.2) is 54.6 Å². The number of aromatic hydroxyl groups is 1. The van der Waals surface area contributed by atoms with Crippen LogP contribution in [0, 0.1) is 4.77 Å². The first-order chi connectivity index (χ1) is 12.7. The monoisotopic (exact) mass is 367 g/mol. The summed E-state index contributed by atoms with van der Waals surface area (Å²) in [5.74, 6) is 1.11. The van der Waals surface area contributed by atoms with Crippen molar-refractivity contribution in [1.82, 2.24) is 19.7 Å². The Labute approximate surface area is 157 Å². The molecule has 1 aliphatic heterocycles. The SMILES string of the molecule is Oc1ccc(N2CCN(Cn3[nH]c(-c4ccccc4)nc3=S)CC2)cc1. The van der Waals surface area contributed by atoms with Gasteiger partial charge in [-0.25, -0.2) is 4.68 Å². The molecule has 0 atom stereocenters. The Morgan fingerprint density at radius 2 is 1.65 bits per heavy atom. The van der Waals surface area contributed by atoms with Crippen molar-refractivity contribution in [2.24, 2.45) is 0 Å². The molecule has 134 valence electrons. The van der Waals surface area contributed by atoms with E-state index in [9.17, 15) is 5.11 Å². The van der Waals surface area contributed by atoms with Crippen LogP contribution in [-0.2, 0) is 6.67 Å². The summed E-state index contributed by atoms with van der Waals surface area (Å²) in [6, 6.07) is 17.4. The van der Waals surface area contributed by atoms with Crippen molar-refractivity contribution in [3.05, 3.63) is 59.4 Å². The zero-order valence-corrected chi connectivity index (χ0v) is 15.2. The lowest BCUT2D eigenvalue weighted by molar-refractivity contribution is 0.194. The smallest absolute Gasteiger partial charge is 0.217 e. The minimum Gasteiger partial charge on any atom is -0.508 e. The summed E-state index contributed by atoms with van der Waals surface area (Å²) in [6.07, 6.45) is 0. The molecular formula is C19H21N5OS. The molecule has 3 aromatic rings. The zero-order chi connectivity index (χ0) is 17.9. The van der Waals surface area contributed by atoms with Crippen LogP contribution in [0.1, 0.15) is 0 Å². The molecule has 1 aromatic heterocycles. The highest BCUT2D eigenvalue weighted by Gasteiger charge is 2.18. The molecule has 2 heterocycles. The second-order valence-electron chi connectivity index (χ2n) is 6.41. The van der Waals surface area contributed by atoms with Gasteiger partial charge >= 0.3 is 0 Å². The van der Waals surface area contributed by atoms with E-state index >= 15 is 0 Å². The number of aromatic nitrogens is 3. The van der Waals surface area contributed by atoms with Crippen molar-refractivity contribution in [3.63, 3.8) is 0 Å². The first kappa shape index (κ1) is 16.8. The number of nitrogens with one attached hydrogen (secondary N) is 1. The molecule has 2 aromatic carbocycles. The van der Waals surface area contributed by atoms with Crippen molar-refractivity contribution in [1.29, 1.82) is 0 Å². The zero-order valence-electron chi connectivity index (χ0n) is 14.4. The van der Waals surface area contributed by atoms with Crippen LogP contribution in [-0.4, -0.2) is 50.9 Å². The van der Waals surface area contributed by atoms with Gasteiger partial charge in [0.2, 0.25) is 4.77 Å². The number of H-pyrrole nitrogens is 1. The molecule has 0 bridgehead atoms. The summed E-state index contributed by atoms with van der Waals surface area (Å²) in [4.78, 5) is 9.17. The van der Waals surface area contributed by atoms with Crippen LogP contribution in [0.5, 0.6) is 5.75 Å². The maximum atomic E-state index is 9.42. The number of hydrogen-bond donors (Lipinski definition) is 2. The summed E-state index contributed by atoms with van der Waals surface area (Å²) in [5, 5.41) is 12.7. The van der Waals surface area contributed by atoms with Crippen LogP contribution < -0.4 is 4.90 Å². The topological polar surface area (TPSA) is 60.3 Å². The van der Waals surface area contributed by atoms with Crippen molar-refractivity contribution >= 4 is 17.9 Å². The number of rotatable bonds is 4. The lowest BCUT2D eigenvalue weighted by Crippen LogP contribution is -2.46. The average molecular weight is 367 g/mol. The minimum atomic E-state index is 0.301. The molecule has 2 N–H and O–H groups in total. The van der Waals surface area contributed by atoms with E-state index in [-0.39, 0.29) is 0 Å². The van der Waals surface area contributed by atoms with Crippen molar-refractivity contribution in [2.75, 3.05) is 31.1 Å². The standard InChI is InChI=1S/C19H21N5OS/c25-17-8-6-16(7-9-17)23-12-10-22(11-13-23)14-24-19(26)20-18(21-24)15-4-2-1-3-5-15/h1-9,25H,10-14H2,(H,20,21,26). The fraction of sp³-hybridized carbons (Fsp3) is 0.263. The molecule has 0 spiro atoms. The van der Waals surface area contributed by atoms with E-state index in [0.717, 1.165) is 43.3 Å². The first-order valence-electron chi connectivity index (χ1n) is 8.68. The van der Waals surface area contributed by atoms with E-state index in [1.54, 1.807) is 12.1 Å². The Hall–Kier alpha value is -2.64. The van der Waals surface area contributed by atoms with E-state index < -0.39 is 0 Å². The summed E-state index contributed by atoms with van der Waals surface area (Å²) in [6.45, 7) is 4.49. The quantitative estimate of drug-likeness (QED) is 0.694. The molecule has 26 heavy (non-hydrogen) atoms. The summed E-state index contributed by atoms with van der Waals surface area (Å²) in [5.41, 5.74) is 2.18. The predicted octanol–water partition coefficient (Wildman–Crippen LogP) is 3.09. The summed E-state index contributed by atoms with van der Waals surface area (Å²) >= 11 is 5.41. The largest absolute Gasteiger partial charge is 0.508 e. The maximum Gasteiger partial charge on any atom is 0.217 e. The molecule has 0 saturated carbocycles. The van der Waals surface area contributed by atoms with E-state index in [2.05, 4.69) is 19.9 Å². The molecule has 7 heteroatoms. The van der Waals surface area contributed by atoms with Crippen molar-refractivity contribution < 1.29 is 5.11 Å². The molecule has 0 amide bonds. The van der Waals surface area contributed by atoms with E-state index in [1.807, 2.05) is 47.1 Å². The van der Waals surface area contributed by atoms with Gasteiger partial charge in [-0.3, -0.25) is 10.00 Å². The summed E-state index contributed by atoms with van der Waals surface area (Å²) < 4.78 is 2.50. The minimum absolute atomic E-state index is 0.301. The second kappa shape index (κ2) is 7.31. The Bertz CT molecular complexity index is 911. The summed E-state index contributed by atoms with van der Waals surface area (Å²) in [7, 11) is 0. The molecule has 1 fully saturated rings. The third kappa shape index (κ3) is 3.63. The van der Waals surface area contributed by atoms with Crippen LogP contribution in [0.25, 0.3) is 11.4 Å². The average Bonchev–Trinajstić information content (AvgIpc) is 3.04. The van der Waals surface area contributed by atoms with Crippen molar-refractivity contribution in [3.8, 4) is 17.1 Å². The second-order valence-corrected chi connectivity index (χ2v) is 6.78. The van der Waals surface area contributed by atoms with Crippen LogP contribution >= 0.6 is 12.2 Å². The maximum absolute atomic E-state index is 9.42. The predicted molar refractivity (Wildman–Crippen MR) is 105 cm³/mol. The normalized spacial score (nSPS) is 15.3. The van der Waals surface area contributed by atoms with Gasteiger partial charge in [0, 0.05) is 37.4 Å². The number of nitrogens with zero attached hydrogens (tertiary/aromatic N) is 4. The molecule has 1 saturated heterocycles. The fourth-order valence-corrected chi connectivity index (χ4v) is 3.38. The number of phenolic OH excluding ortho intramolecular Hbond substituents is 1. The van der Waals surface area contributed by atoms with Crippen LogP contribution in [0.3, 0.4) is 0 Å². The molecule has 6 nitrogen and oxygen atoms in total. The molecule has 0 radical (unpaired) electrons. The van der Waals surface area contributed by atoms with Gasteiger partial charge in [0.05, 0.1) is 6.67 Å². The fourth-order valence-electron chi connectivity index (χ4n) is 3.19. The number of hydrogen-bond acceptors (Lipinski definition) is 5. The third-order valence-corrected chi connectivity index (χ3v) is 4.97. The van der Waals surface area contributed by atoms with Gasteiger partial charge < -0.3 is 10.0 Å². The van der Waals surface area contributed by atoms with Gasteiger partial charge in [-0.15, -0.1) is 0 Å². The molecule has 0 unspecified atom stereocenters. The van der Waals surface area contributed by atoms with Crippen LogP contribution in [0.4, 0.5) is 5.69 Å². The number of benzene rings is 2. The molecule has 1 aliphatic rings. The first-order valence-corrected chi connectivity index (χ1v) is 9.08. The van der Waals surface area contributed by atoms with Crippen molar-refractivity contribution in [2.45, 2.75) is 6.67 Å². The Morgan fingerprint density at radius 3 is 2.35 bits per heavy atom. The number of phenols is 1. The van der Waals surface area contributed by atoms with Gasteiger partial charge in [0.1, 0.15) is 5.75 Å². The Kier molecular flexibility index (Phi) is 4.73. The van der Waals surface area contributed by atoms with E-state index in [0.29, 0.717) is 17.2 Å². The third-order valence-electron chi connectivity index (χ3n) is 4.66. The highest BCUT2D eigenvalue weighted by Crippen LogP contribution is 2.20. The Balaban J connectivity index is 1.40. The molecular weight excluding hydrogens is 346 g/mol. The van der Waals surface area contributed by atoms with Gasteiger partial charge in [0.15, 0.2) is 5.82 Å². The molecule has 0 aliphatic carbocycles. The highest BCUT2D eigenvalue weighted by molar-refractivity contribution is 7.71. The number of anilines is 1. The van der Waals surface area contributed by atoms with Crippen LogP contribution in [0.2, 0.25) is 0 Å². The van der Waals surface area contributed by atoms with E-state index in [4.69, 9.17) is 12.2 Å². The lowest BCUT2D eigenvalue weighted by Gasteiger charge is -2.36. The van der Waals surface area contributed by atoms with Gasteiger partial charge in [-0.1, -0.05) is 30.3 Å². The van der Waals surface area contributed by atoms with Gasteiger partial charge in [-0.05, 0) is 36.5 Å². The van der Waals surface area contributed by atoms with Gasteiger partial charge in [-0.2, -0.15) is 4.98 Å². The van der Waals surface area contributed by atoms with E-state index in [1.165, 1.54) is 0 Å².